The first-order chi connectivity index (χ1) is 6.71. The van der Waals surface area contributed by atoms with Crippen molar-refractivity contribution in [3.63, 3.8) is 0 Å². The van der Waals surface area contributed by atoms with Gasteiger partial charge in [0.1, 0.15) is 5.76 Å². The maximum absolute atomic E-state index is 11.8. The molecule has 1 saturated carbocycles. The van der Waals surface area contributed by atoms with Crippen molar-refractivity contribution in [1.29, 1.82) is 0 Å². The Morgan fingerprint density at radius 1 is 1.50 bits per heavy atom. The quantitative estimate of drug-likeness (QED) is 0.794. The molecule has 0 saturated heterocycles. The molecule has 0 unspecified atom stereocenters. The number of rotatable bonds is 3. The molecule has 1 aromatic rings. The molecule has 1 heterocycles. The zero-order valence-electron chi connectivity index (χ0n) is 8.16. The van der Waals surface area contributed by atoms with Gasteiger partial charge >= 0.3 is 0 Å². The minimum atomic E-state index is -0.577. The summed E-state index contributed by atoms with van der Waals surface area (Å²) in [7, 11) is 0. The number of hydrogen-bond donors (Lipinski definition) is 1. The van der Waals surface area contributed by atoms with Crippen LogP contribution in [0, 0.1) is 0 Å². The third-order valence-electron chi connectivity index (χ3n) is 2.97. The Morgan fingerprint density at radius 3 is 2.79 bits per heavy atom. The van der Waals surface area contributed by atoms with Crippen LogP contribution in [0.5, 0.6) is 0 Å². The molecule has 0 bridgehead atoms. The van der Waals surface area contributed by atoms with E-state index >= 15 is 0 Å². The predicted molar refractivity (Wildman–Crippen MR) is 52.8 cm³/mol. The monoisotopic (exact) mass is 193 g/mol. The van der Waals surface area contributed by atoms with Crippen molar-refractivity contribution in [2.75, 3.05) is 0 Å². The SMILES string of the molecule is NC1(C(=O)Cc2ccco2)CCCC1. The van der Waals surface area contributed by atoms with E-state index in [1.807, 2.05) is 6.07 Å². The van der Waals surface area contributed by atoms with Crippen LogP contribution < -0.4 is 5.73 Å². The summed E-state index contributed by atoms with van der Waals surface area (Å²) in [4.78, 5) is 11.8. The molecule has 0 radical (unpaired) electrons. The fourth-order valence-electron chi connectivity index (χ4n) is 2.03. The van der Waals surface area contributed by atoms with Crippen LogP contribution in [0.4, 0.5) is 0 Å². The third kappa shape index (κ3) is 1.73. The average molecular weight is 193 g/mol. The van der Waals surface area contributed by atoms with Gasteiger partial charge in [-0.3, -0.25) is 4.79 Å². The first-order valence-corrected chi connectivity index (χ1v) is 5.05. The summed E-state index contributed by atoms with van der Waals surface area (Å²) in [6.45, 7) is 0. The van der Waals surface area contributed by atoms with Gasteiger partial charge in [0.2, 0.25) is 0 Å². The van der Waals surface area contributed by atoms with Gasteiger partial charge in [-0.05, 0) is 25.0 Å². The first kappa shape index (κ1) is 9.46. The Labute approximate surface area is 83.3 Å². The lowest BCUT2D eigenvalue weighted by Crippen LogP contribution is -2.46. The Hall–Kier alpha value is -1.09. The Morgan fingerprint density at radius 2 is 2.21 bits per heavy atom. The van der Waals surface area contributed by atoms with Crippen molar-refractivity contribution in [2.24, 2.45) is 5.73 Å². The molecule has 1 aliphatic carbocycles. The lowest BCUT2D eigenvalue weighted by molar-refractivity contribution is -0.123. The molecule has 0 amide bonds. The molecule has 3 nitrogen and oxygen atoms in total. The van der Waals surface area contributed by atoms with Crippen LogP contribution in [-0.4, -0.2) is 11.3 Å². The van der Waals surface area contributed by atoms with Gasteiger partial charge in [-0.15, -0.1) is 0 Å². The molecule has 2 rings (SSSR count). The minimum absolute atomic E-state index is 0.116. The van der Waals surface area contributed by atoms with E-state index in [2.05, 4.69) is 0 Å². The second-order valence-corrected chi connectivity index (χ2v) is 4.04. The van der Waals surface area contributed by atoms with Gasteiger partial charge in [0, 0.05) is 0 Å². The summed E-state index contributed by atoms with van der Waals surface area (Å²) in [5.41, 5.74) is 5.45. The Kier molecular flexibility index (Phi) is 2.42. The van der Waals surface area contributed by atoms with Crippen molar-refractivity contribution in [2.45, 2.75) is 37.6 Å². The van der Waals surface area contributed by atoms with Crippen molar-refractivity contribution < 1.29 is 9.21 Å². The largest absolute Gasteiger partial charge is 0.469 e. The van der Waals surface area contributed by atoms with Gasteiger partial charge in [0.25, 0.3) is 0 Å². The highest BCUT2D eigenvalue weighted by Gasteiger charge is 2.36. The number of nitrogens with two attached hydrogens (primary N) is 1. The Balaban J connectivity index is 2.02. The summed E-state index contributed by atoms with van der Waals surface area (Å²) in [6.07, 6.45) is 5.71. The lowest BCUT2D eigenvalue weighted by atomic mass is 9.91. The van der Waals surface area contributed by atoms with E-state index in [4.69, 9.17) is 10.2 Å². The minimum Gasteiger partial charge on any atom is -0.469 e. The van der Waals surface area contributed by atoms with Gasteiger partial charge in [-0.1, -0.05) is 12.8 Å². The molecule has 1 aliphatic rings. The lowest BCUT2D eigenvalue weighted by Gasteiger charge is -2.20. The molecular weight excluding hydrogens is 178 g/mol. The topological polar surface area (TPSA) is 56.2 Å². The van der Waals surface area contributed by atoms with E-state index in [1.165, 1.54) is 0 Å². The van der Waals surface area contributed by atoms with Gasteiger partial charge in [0.05, 0.1) is 18.2 Å². The highest BCUT2D eigenvalue weighted by molar-refractivity contribution is 5.89. The number of carbonyl (C=O) groups is 1. The fraction of sp³-hybridized carbons (Fsp3) is 0.545. The van der Waals surface area contributed by atoms with E-state index < -0.39 is 5.54 Å². The zero-order chi connectivity index (χ0) is 10.0. The maximum atomic E-state index is 11.8. The molecule has 0 spiro atoms. The number of furan rings is 1. The van der Waals surface area contributed by atoms with Crippen LogP contribution in [0.2, 0.25) is 0 Å². The van der Waals surface area contributed by atoms with Crippen molar-refractivity contribution in [3.05, 3.63) is 24.2 Å². The molecule has 1 aromatic heterocycles. The van der Waals surface area contributed by atoms with Crippen molar-refractivity contribution in [3.8, 4) is 0 Å². The molecule has 3 heteroatoms. The van der Waals surface area contributed by atoms with E-state index in [1.54, 1.807) is 12.3 Å². The van der Waals surface area contributed by atoms with Gasteiger partial charge < -0.3 is 10.2 Å². The highest BCUT2D eigenvalue weighted by Crippen LogP contribution is 2.28. The van der Waals surface area contributed by atoms with Crippen LogP contribution in [0.1, 0.15) is 31.4 Å². The first-order valence-electron chi connectivity index (χ1n) is 5.05. The van der Waals surface area contributed by atoms with Gasteiger partial charge in [-0.2, -0.15) is 0 Å². The molecule has 76 valence electrons. The normalized spacial score (nSPS) is 19.8. The summed E-state index contributed by atoms with van der Waals surface area (Å²) in [6, 6.07) is 3.61. The maximum Gasteiger partial charge on any atom is 0.160 e. The van der Waals surface area contributed by atoms with Crippen molar-refractivity contribution >= 4 is 5.78 Å². The number of hydrogen-bond acceptors (Lipinski definition) is 3. The highest BCUT2D eigenvalue weighted by atomic mass is 16.3. The standard InChI is InChI=1S/C11H15NO2/c12-11(5-1-2-6-11)10(13)8-9-4-3-7-14-9/h3-4,7H,1-2,5-6,8,12H2. The van der Waals surface area contributed by atoms with E-state index in [9.17, 15) is 4.79 Å². The third-order valence-corrected chi connectivity index (χ3v) is 2.97. The van der Waals surface area contributed by atoms with E-state index in [0.29, 0.717) is 12.2 Å². The van der Waals surface area contributed by atoms with Crippen LogP contribution >= 0.6 is 0 Å². The summed E-state index contributed by atoms with van der Waals surface area (Å²) < 4.78 is 5.13. The number of carbonyl (C=O) groups excluding carboxylic acids is 1. The second kappa shape index (κ2) is 3.58. The molecule has 2 N–H and O–H groups in total. The van der Waals surface area contributed by atoms with Crippen molar-refractivity contribution in [1.82, 2.24) is 0 Å². The van der Waals surface area contributed by atoms with E-state index in [-0.39, 0.29) is 5.78 Å². The predicted octanol–water partition coefficient (Wildman–Crippen LogP) is 1.66. The van der Waals surface area contributed by atoms with Crippen LogP contribution in [-0.2, 0) is 11.2 Å². The molecule has 0 aliphatic heterocycles. The number of Topliss-reactive ketones (excluding diaryl/α,β-unsaturated/α-hetero) is 1. The molecule has 1 fully saturated rings. The average Bonchev–Trinajstić information content (AvgIpc) is 2.76. The molecular formula is C11H15NO2. The zero-order valence-corrected chi connectivity index (χ0v) is 8.16. The summed E-state index contributed by atoms with van der Waals surface area (Å²) in [5.74, 6) is 0.830. The van der Waals surface area contributed by atoms with Crippen LogP contribution in [0.3, 0.4) is 0 Å². The van der Waals surface area contributed by atoms with Crippen LogP contribution in [0.15, 0.2) is 22.8 Å². The Bertz CT molecular complexity index is 310. The fourth-order valence-corrected chi connectivity index (χ4v) is 2.03. The molecule has 0 aromatic carbocycles. The smallest absolute Gasteiger partial charge is 0.160 e. The van der Waals surface area contributed by atoms with E-state index in [0.717, 1.165) is 25.7 Å². The van der Waals surface area contributed by atoms with Gasteiger partial charge in [0.15, 0.2) is 5.78 Å². The second-order valence-electron chi connectivity index (χ2n) is 4.04. The van der Waals surface area contributed by atoms with Crippen LogP contribution in [0.25, 0.3) is 0 Å². The number of ketones is 1. The summed E-state index contributed by atoms with van der Waals surface area (Å²) in [5, 5.41) is 0. The molecule has 14 heavy (non-hydrogen) atoms. The molecule has 0 atom stereocenters. The summed E-state index contributed by atoms with van der Waals surface area (Å²) >= 11 is 0. The van der Waals surface area contributed by atoms with Gasteiger partial charge in [-0.25, -0.2) is 0 Å².